The van der Waals surface area contributed by atoms with Crippen molar-refractivity contribution in [3.05, 3.63) is 203 Å². The van der Waals surface area contributed by atoms with E-state index in [9.17, 15) is 131 Å². The first-order valence-corrected chi connectivity index (χ1v) is 45.8. The largest absolute Gasteiger partial charge is 0.573 e. The molecule has 4 fully saturated rings. The number of anilines is 3. The molecule has 4 saturated carbocycles. The Balaban J connectivity index is 0.000000215. The van der Waals surface area contributed by atoms with Crippen LogP contribution in [0.5, 0.6) is 63.2 Å². The Hall–Kier alpha value is -13.2. The third-order valence-corrected chi connectivity index (χ3v) is 22.5. The molecule has 0 bridgehead atoms. The highest BCUT2D eigenvalue weighted by molar-refractivity contribution is 5.96. The number of Topliss-reactive ketones (excluding diaryl/α,β-unsaturated/α-hetero) is 5. The quantitative estimate of drug-likeness (QED) is 0.0238. The summed E-state index contributed by atoms with van der Waals surface area (Å²) in [7, 11) is 0. The number of carbonyl (C=O) groups is 8. The first-order valence-electron chi connectivity index (χ1n) is 45.8. The molecule has 790 valence electrons. The average molecular weight is 2080 g/mol. The minimum absolute atomic E-state index is 0.00355. The zero-order valence-corrected chi connectivity index (χ0v) is 79.2. The molecule has 4 aliphatic rings. The van der Waals surface area contributed by atoms with Crippen molar-refractivity contribution in [2.45, 2.75) is 271 Å². The molecule has 0 spiro atoms. The van der Waals surface area contributed by atoms with Crippen molar-refractivity contribution >= 4 is 63.7 Å². The van der Waals surface area contributed by atoms with Crippen LogP contribution in [0, 0.1) is 23.7 Å². The maximum atomic E-state index is 13.2. The molecular weight excluding hydrogens is 1970 g/mol. The second-order valence-electron chi connectivity index (χ2n) is 35.7. The third-order valence-electron chi connectivity index (χ3n) is 22.5. The molecule has 3 amide bonds. The topological polar surface area (TPSA) is 274 Å². The van der Waals surface area contributed by atoms with Gasteiger partial charge in [0.15, 0.2) is 11.5 Å². The summed E-state index contributed by atoms with van der Waals surface area (Å²) in [4.78, 5) is 96.4. The molecule has 4 atom stereocenters. The molecular formula is C102H106F21N3O19. The molecule has 0 aliphatic heterocycles. The first-order chi connectivity index (χ1) is 67.5. The molecule has 8 aromatic rings. The lowest BCUT2D eigenvalue weighted by atomic mass is 9.83. The van der Waals surface area contributed by atoms with Crippen LogP contribution in [0.1, 0.15) is 202 Å². The maximum absolute atomic E-state index is 13.2. The first kappa shape index (κ1) is 115. The van der Waals surface area contributed by atoms with Gasteiger partial charge < -0.3 is 68.1 Å². The van der Waals surface area contributed by atoms with Gasteiger partial charge in [-0.1, -0.05) is 54.6 Å². The highest BCUT2D eigenvalue weighted by atomic mass is 19.4. The summed E-state index contributed by atoms with van der Waals surface area (Å²) in [5, 5.41) is 7.29. The summed E-state index contributed by atoms with van der Waals surface area (Å²) in [5.74, 6) is -2.78. The van der Waals surface area contributed by atoms with Gasteiger partial charge in [-0.05, 0) is 245 Å². The fourth-order valence-electron chi connectivity index (χ4n) is 17.0. The van der Waals surface area contributed by atoms with Crippen molar-refractivity contribution in [1.29, 1.82) is 0 Å². The summed E-state index contributed by atoms with van der Waals surface area (Å²) < 4.78 is 320. The molecule has 22 nitrogen and oxygen atoms in total. The molecule has 145 heavy (non-hydrogen) atoms. The van der Waals surface area contributed by atoms with Gasteiger partial charge in [0.05, 0.1) is 47.9 Å². The molecule has 43 heteroatoms. The molecule has 12 rings (SSSR count). The second-order valence-corrected chi connectivity index (χ2v) is 35.7. The molecule has 4 unspecified atom stereocenters. The van der Waals surface area contributed by atoms with Crippen LogP contribution in [0.4, 0.5) is 109 Å². The number of carbonyl (C=O) groups excluding carboxylic acids is 8. The van der Waals surface area contributed by atoms with Gasteiger partial charge in [-0.15, -0.1) is 52.7 Å². The standard InChI is InChI=1S/C26H26F6O4.C26H28F5NO5.2C25H26F5NO5/c1-16(33)24-14-22(10-7-19(24)15-25(27,28)29)35-21-8-5-17(6-9-21)11-20(34)12-18-3-2-4-23(13-18)36-26(30,31)32;1-16(33)32-23-15-22(37-26(29,30)31)10-11-24(23)35-20-8-6-17(7-9-20)12-19(34)13-18-4-3-5-21(14-18)36-25(2,27)28;1-15(32)31-22-14-20(8-9-23(22)36-25(28,29)30)34-19-7-6-17(12-19)11-18(33)10-16-4-3-5-21(13-16)35-24(2,26)27;1-15(32)31-22-14-21(35-24(2,26)27)8-9-23(22)34-19-7-6-17(12-19)11-18(33)10-16-4-3-5-20(13-16)36-25(28,29)30/h2-4,7,10,13-14,17,21H,5-6,8-9,11-12,15H2,1H3;3-5,10-11,14-15,17,20H,6-9,12-13H2,1-2H3,(H,32,33);2*3-5,8-9,13-14,17,19H,6-7,10-12H2,1-2H3,(H,31,32). The van der Waals surface area contributed by atoms with Crippen LogP contribution in [0.25, 0.3) is 0 Å². The number of amides is 3. The summed E-state index contributed by atoms with van der Waals surface area (Å²) in [5.41, 5.74) is 1.99. The average Bonchev–Trinajstić information content (AvgIpc) is 1.72. The van der Waals surface area contributed by atoms with Gasteiger partial charge in [-0.25, -0.2) is 0 Å². The number of ether oxygens (including phenoxy) is 11. The van der Waals surface area contributed by atoms with Gasteiger partial charge in [0.1, 0.15) is 80.6 Å². The van der Waals surface area contributed by atoms with E-state index in [2.05, 4.69) is 49.1 Å². The van der Waals surface area contributed by atoms with E-state index in [1.807, 2.05) is 0 Å². The Morgan fingerprint density at radius 2 is 0.552 bits per heavy atom. The van der Waals surface area contributed by atoms with Gasteiger partial charge in [0, 0.05) is 117 Å². The fourth-order valence-corrected chi connectivity index (χ4v) is 17.0. The van der Waals surface area contributed by atoms with E-state index in [1.165, 1.54) is 136 Å². The second kappa shape index (κ2) is 51.1. The molecule has 0 radical (unpaired) electrons. The van der Waals surface area contributed by atoms with Crippen molar-refractivity contribution in [3.8, 4) is 63.2 Å². The Labute approximate surface area is 819 Å². The van der Waals surface area contributed by atoms with Gasteiger partial charge >= 0.3 is 50.0 Å². The van der Waals surface area contributed by atoms with Crippen LogP contribution in [0.15, 0.2) is 170 Å². The zero-order chi connectivity index (χ0) is 107. The number of hydrogen-bond donors (Lipinski definition) is 3. The predicted octanol–water partition coefficient (Wildman–Crippen LogP) is 26.3. The predicted molar refractivity (Wildman–Crippen MR) is 484 cm³/mol. The number of benzene rings is 8. The third kappa shape index (κ3) is 44.5. The minimum Gasteiger partial charge on any atom is -0.490 e. The van der Waals surface area contributed by atoms with Gasteiger partial charge in [-0.3, -0.25) is 38.4 Å². The maximum Gasteiger partial charge on any atom is 0.573 e. The summed E-state index contributed by atoms with van der Waals surface area (Å²) >= 11 is 0. The number of rotatable bonds is 39. The minimum atomic E-state index is -4.92. The van der Waals surface area contributed by atoms with Crippen LogP contribution in [0.3, 0.4) is 0 Å². The number of nitrogens with one attached hydrogen (secondary N) is 3. The van der Waals surface area contributed by atoms with Crippen LogP contribution >= 0.6 is 0 Å². The highest BCUT2D eigenvalue weighted by Gasteiger charge is 2.39. The van der Waals surface area contributed by atoms with Crippen molar-refractivity contribution in [2.75, 3.05) is 16.0 Å². The van der Waals surface area contributed by atoms with Crippen molar-refractivity contribution < 1.29 is 183 Å². The summed E-state index contributed by atoms with van der Waals surface area (Å²) in [6, 6.07) is 37.9. The highest BCUT2D eigenvalue weighted by Crippen LogP contribution is 2.44. The van der Waals surface area contributed by atoms with E-state index in [0.29, 0.717) is 139 Å². The number of ketones is 5. The van der Waals surface area contributed by atoms with Crippen LogP contribution in [-0.4, -0.2) is 121 Å². The Morgan fingerprint density at radius 1 is 0.283 bits per heavy atom. The molecule has 0 heterocycles. The van der Waals surface area contributed by atoms with Crippen LogP contribution in [-0.2, 0) is 65.7 Å². The molecule has 0 aromatic heterocycles. The van der Waals surface area contributed by atoms with Gasteiger partial charge in [-0.2, -0.15) is 39.5 Å². The molecule has 8 aromatic carbocycles. The molecule has 4 aliphatic carbocycles. The van der Waals surface area contributed by atoms with Crippen molar-refractivity contribution in [1.82, 2.24) is 0 Å². The van der Waals surface area contributed by atoms with Crippen molar-refractivity contribution in [3.63, 3.8) is 0 Å². The number of hydrogen-bond acceptors (Lipinski definition) is 19. The van der Waals surface area contributed by atoms with E-state index in [4.69, 9.17) is 18.9 Å². The van der Waals surface area contributed by atoms with E-state index >= 15 is 0 Å². The molecule has 3 N–H and O–H groups in total. The SMILES string of the molecule is CC(=O)Nc1cc(OC(C)(F)F)ccc1OC1CCC(CC(=O)Cc2cccc(OC(F)(F)F)c2)C1.CC(=O)Nc1cc(OC(F)(F)F)ccc1OC1CCC(CC(=O)Cc2cccc(OC(C)(F)F)c2)CC1.CC(=O)Nc1cc(OC2CCC(CC(=O)Cc3cccc(OC(C)(F)F)c3)C2)ccc1OC(F)(F)F.CC(=O)c1cc(OC2CCC(CC(=O)Cc3cccc(OC(F)(F)F)c3)CC2)ccc1CC(F)(F)F. The smallest absolute Gasteiger partial charge is 0.490 e. The Morgan fingerprint density at radius 3 is 0.897 bits per heavy atom. The lowest BCUT2D eigenvalue weighted by Gasteiger charge is -2.29. The fraction of sp³-hybridized carbons (Fsp3) is 0.451. The summed E-state index contributed by atoms with van der Waals surface area (Å²) in [6.07, 6.45) is -25.6. The van der Waals surface area contributed by atoms with Crippen LogP contribution < -0.4 is 68.1 Å². The monoisotopic (exact) mass is 2080 g/mol. The lowest BCUT2D eigenvalue weighted by Crippen LogP contribution is -2.26. The normalized spacial score (nSPS) is 18.2. The van der Waals surface area contributed by atoms with Crippen molar-refractivity contribution in [2.24, 2.45) is 23.7 Å². The zero-order valence-electron chi connectivity index (χ0n) is 79.2. The van der Waals surface area contributed by atoms with E-state index < -0.39 is 91.4 Å². The van der Waals surface area contributed by atoms with E-state index in [0.717, 1.165) is 31.5 Å². The number of halogens is 21. The molecule has 0 saturated heterocycles. The number of alkyl halides is 21. The van der Waals surface area contributed by atoms with Gasteiger partial charge in [0.2, 0.25) is 17.7 Å². The Bertz CT molecular complexity index is 5700. The van der Waals surface area contributed by atoms with E-state index in [-0.39, 0.29) is 190 Å². The lowest BCUT2D eigenvalue weighted by molar-refractivity contribution is -0.275. The summed E-state index contributed by atoms with van der Waals surface area (Å²) in [6.45, 7) is 6.74. The van der Waals surface area contributed by atoms with Gasteiger partial charge in [0.25, 0.3) is 0 Å². The Kier molecular flexibility index (Phi) is 40.7. The van der Waals surface area contributed by atoms with E-state index in [1.54, 1.807) is 36.4 Å². The van der Waals surface area contributed by atoms with Crippen LogP contribution in [0.2, 0.25) is 0 Å².